The average Bonchev–Trinajstić information content (AvgIpc) is 2.81. The Hall–Kier alpha value is -1.20. The molecule has 1 saturated heterocycles. The lowest BCUT2D eigenvalue weighted by atomic mass is 9.88. The molecule has 112 valence electrons. The molecule has 0 bridgehead atoms. The van der Waals surface area contributed by atoms with Gasteiger partial charge in [0, 0.05) is 20.1 Å². The first-order valence-electron chi connectivity index (χ1n) is 6.32. The Bertz CT molecular complexity index is 490. The lowest BCUT2D eigenvalue weighted by Gasteiger charge is -2.28. The molecule has 0 radical (unpaired) electrons. The van der Waals surface area contributed by atoms with Crippen LogP contribution in [0.3, 0.4) is 0 Å². The van der Waals surface area contributed by atoms with Crippen LogP contribution in [0.4, 0.5) is 8.78 Å². The lowest BCUT2D eigenvalue weighted by molar-refractivity contribution is -0.139. The Morgan fingerprint density at radius 3 is 2.65 bits per heavy atom. The maximum absolute atomic E-state index is 13.1. The van der Waals surface area contributed by atoms with Crippen molar-refractivity contribution in [2.45, 2.75) is 19.9 Å². The van der Waals surface area contributed by atoms with Gasteiger partial charge in [0.1, 0.15) is 0 Å². The van der Waals surface area contributed by atoms with Gasteiger partial charge in [-0.3, -0.25) is 4.79 Å². The summed E-state index contributed by atoms with van der Waals surface area (Å²) in [5, 5.41) is 3.17. The molecule has 1 amide bonds. The summed E-state index contributed by atoms with van der Waals surface area (Å²) < 4.78 is 26.0. The summed E-state index contributed by atoms with van der Waals surface area (Å²) >= 11 is 0. The maximum atomic E-state index is 13.1. The second-order valence-corrected chi connectivity index (χ2v) is 5.40. The smallest absolute Gasteiger partial charge is 0.229 e. The van der Waals surface area contributed by atoms with E-state index in [2.05, 4.69) is 5.32 Å². The highest BCUT2D eigenvalue weighted by Crippen LogP contribution is 2.27. The van der Waals surface area contributed by atoms with Crippen LogP contribution in [0.25, 0.3) is 0 Å². The molecular weight excluding hydrogens is 286 g/mol. The Morgan fingerprint density at radius 2 is 2.10 bits per heavy atom. The second-order valence-electron chi connectivity index (χ2n) is 5.40. The fourth-order valence-electron chi connectivity index (χ4n) is 2.44. The van der Waals surface area contributed by atoms with Gasteiger partial charge in [-0.05, 0) is 37.6 Å². The number of nitrogens with one attached hydrogen (secondary N) is 1. The third-order valence-electron chi connectivity index (χ3n) is 3.64. The third kappa shape index (κ3) is 3.46. The number of nitrogens with zero attached hydrogens (tertiary/aromatic N) is 1. The number of hydrogen-bond acceptors (Lipinski definition) is 2. The molecule has 20 heavy (non-hydrogen) atoms. The lowest BCUT2D eigenvalue weighted by Crippen LogP contribution is -2.41. The molecule has 1 N–H and O–H groups in total. The Labute approximate surface area is 123 Å². The topological polar surface area (TPSA) is 32.3 Å². The minimum atomic E-state index is -0.882. The first kappa shape index (κ1) is 16.9. The number of carbonyl (C=O) groups excluding carboxylic acids is 1. The second kappa shape index (κ2) is 6.50. The molecule has 1 heterocycles. The molecule has 0 aliphatic carbocycles. The van der Waals surface area contributed by atoms with Crippen LogP contribution in [0, 0.1) is 17.0 Å². The quantitative estimate of drug-likeness (QED) is 0.929. The van der Waals surface area contributed by atoms with Gasteiger partial charge in [0.25, 0.3) is 0 Å². The van der Waals surface area contributed by atoms with Crippen LogP contribution in [-0.4, -0.2) is 30.9 Å². The summed E-state index contributed by atoms with van der Waals surface area (Å²) in [5.74, 6) is -1.72. The van der Waals surface area contributed by atoms with Gasteiger partial charge in [0.05, 0.1) is 5.41 Å². The highest BCUT2D eigenvalue weighted by atomic mass is 35.5. The van der Waals surface area contributed by atoms with Crippen LogP contribution < -0.4 is 5.32 Å². The van der Waals surface area contributed by atoms with E-state index in [1.165, 1.54) is 6.07 Å². The van der Waals surface area contributed by atoms with Gasteiger partial charge >= 0.3 is 0 Å². The molecule has 1 atom stereocenters. The fraction of sp³-hybridized carbons (Fsp3) is 0.500. The van der Waals surface area contributed by atoms with Crippen molar-refractivity contribution in [2.75, 3.05) is 20.1 Å². The monoisotopic (exact) mass is 304 g/mol. The first-order chi connectivity index (χ1) is 8.92. The Morgan fingerprint density at radius 1 is 1.40 bits per heavy atom. The van der Waals surface area contributed by atoms with Crippen LogP contribution in [0.2, 0.25) is 0 Å². The summed E-state index contributed by atoms with van der Waals surface area (Å²) in [5.41, 5.74) is 0.192. The average molecular weight is 305 g/mol. The van der Waals surface area contributed by atoms with Crippen molar-refractivity contribution in [3.63, 3.8) is 0 Å². The van der Waals surface area contributed by atoms with E-state index in [0.29, 0.717) is 12.1 Å². The maximum Gasteiger partial charge on any atom is 0.229 e. The van der Waals surface area contributed by atoms with Crippen LogP contribution in [0.5, 0.6) is 0 Å². The molecule has 1 aromatic rings. The van der Waals surface area contributed by atoms with Crippen molar-refractivity contribution >= 4 is 18.3 Å². The molecule has 1 fully saturated rings. The largest absolute Gasteiger partial charge is 0.341 e. The number of hydrogen-bond donors (Lipinski definition) is 1. The van der Waals surface area contributed by atoms with Gasteiger partial charge in [0.2, 0.25) is 5.91 Å². The molecule has 0 aromatic heterocycles. The molecule has 1 aliphatic heterocycles. The molecule has 1 aromatic carbocycles. The molecule has 1 unspecified atom stereocenters. The van der Waals surface area contributed by atoms with Crippen molar-refractivity contribution in [1.82, 2.24) is 10.2 Å². The Balaban J connectivity index is 0.00000200. The summed E-state index contributed by atoms with van der Waals surface area (Å²) in [6, 6.07) is 3.72. The van der Waals surface area contributed by atoms with E-state index in [9.17, 15) is 13.6 Å². The molecule has 0 spiro atoms. The van der Waals surface area contributed by atoms with Gasteiger partial charge in [0.15, 0.2) is 11.6 Å². The van der Waals surface area contributed by atoms with E-state index in [1.54, 1.807) is 11.9 Å². The highest BCUT2D eigenvalue weighted by Gasteiger charge is 2.38. The minimum absolute atomic E-state index is 0. The van der Waals surface area contributed by atoms with Crippen molar-refractivity contribution < 1.29 is 13.6 Å². The minimum Gasteiger partial charge on any atom is -0.341 e. The molecule has 3 nitrogen and oxygen atoms in total. The molecule has 0 saturated carbocycles. The summed E-state index contributed by atoms with van der Waals surface area (Å²) in [6.07, 6.45) is 0.800. The summed E-state index contributed by atoms with van der Waals surface area (Å²) in [6.45, 7) is 3.71. The molecular formula is C14H19ClF2N2O. The van der Waals surface area contributed by atoms with E-state index >= 15 is 0 Å². The van der Waals surface area contributed by atoms with E-state index in [1.807, 2.05) is 6.92 Å². The number of benzene rings is 1. The standard InChI is InChI=1S/C14H18F2N2O.ClH/c1-14(5-6-17-9-14)13(19)18(2)8-10-3-4-11(15)12(16)7-10;/h3-4,7,17H,5-6,8-9H2,1-2H3;1H. The van der Waals surface area contributed by atoms with E-state index in [-0.39, 0.29) is 24.9 Å². The van der Waals surface area contributed by atoms with Crippen LogP contribution in [0.15, 0.2) is 18.2 Å². The number of halogens is 3. The predicted molar refractivity (Wildman–Crippen MR) is 75.7 cm³/mol. The SMILES string of the molecule is CN(Cc1ccc(F)c(F)c1)C(=O)C1(C)CCNC1.Cl. The molecule has 1 aliphatic rings. The normalized spacial score (nSPS) is 21.4. The van der Waals surface area contributed by atoms with Crippen molar-refractivity contribution in [3.05, 3.63) is 35.4 Å². The number of amides is 1. The summed E-state index contributed by atoms with van der Waals surface area (Å²) in [4.78, 5) is 13.9. The van der Waals surface area contributed by atoms with E-state index in [4.69, 9.17) is 0 Å². The van der Waals surface area contributed by atoms with Gasteiger partial charge in [-0.2, -0.15) is 0 Å². The van der Waals surface area contributed by atoms with Crippen LogP contribution >= 0.6 is 12.4 Å². The Kier molecular flexibility index (Phi) is 5.48. The number of carbonyl (C=O) groups is 1. The highest BCUT2D eigenvalue weighted by molar-refractivity contribution is 5.85. The predicted octanol–water partition coefficient (Wildman–Crippen LogP) is 2.34. The molecule has 6 heteroatoms. The number of rotatable bonds is 3. The van der Waals surface area contributed by atoms with Crippen LogP contribution in [-0.2, 0) is 11.3 Å². The van der Waals surface area contributed by atoms with Gasteiger partial charge in [-0.15, -0.1) is 12.4 Å². The fourth-order valence-corrected chi connectivity index (χ4v) is 2.44. The zero-order valence-electron chi connectivity index (χ0n) is 11.6. The first-order valence-corrected chi connectivity index (χ1v) is 6.32. The zero-order chi connectivity index (χ0) is 14.0. The van der Waals surface area contributed by atoms with Crippen molar-refractivity contribution in [2.24, 2.45) is 5.41 Å². The zero-order valence-corrected chi connectivity index (χ0v) is 12.4. The van der Waals surface area contributed by atoms with Crippen molar-refractivity contribution in [3.8, 4) is 0 Å². The summed E-state index contributed by atoms with van der Waals surface area (Å²) in [7, 11) is 1.69. The third-order valence-corrected chi connectivity index (χ3v) is 3.64. The van der Waals surface area contributed by atoms with Crippen molar-refractivity contribution in [1.29, 1.82) is 0 Å². The van der Waals surface area contributed by atoms with E-state index < -0.39 is 17.0 Å². The molecule has 2 rings (SSSR count). The van der Waals surface area contributed by atoms with Crippen LogP contribution in [0.1, 0.15) is 18.9 Å². The van der Waals surface area contributed by atoms with Gasteiger partial charge < -0.3 is 10.2 Å². The van der Waals surface area contributed by atoms with E-state index in [0.717, 1.165) is 25.1 Å². The van der Waals surface area contributed by atoms with Gasteiger partial charge in [-0.25, -0.2) is 8.78 Å². The van der Waals surface area contributed by atoms with Gasteiger partial charge in [-0.1, -0.05) is 6.07 Å².